The Labute approximate surface area is 124 Å². The van der Waals surface area contributed by atoms with E-state index >= 15 is 0 Å². The van der Waals surface area contributed by atoms with Crippen LogP contribution in [0.1, 0.15) is 18.4 Å². The molecule has 1 spiro atoms. The molecule has 0 unspecified atom stereocenters. The first-order valence-corrected chi connectivity index (χ1v) is 7.24. The first-order chi connectivity index (χ1) is 10.1. The van der Waals surface area contributed by atoms with Crippen LogP contribution in [-0.2, 0) is 20.7 Å². The van der Waals surface area contributed by atoms with Gasteiger partial charge in [0.1, 0.15) is 6.04 Å². The van der Waals surface area contributed by atoms with E-state index in [0.29, 0.717) is 6.42 Å². The molecule has 1 saturated heterocycles. The summed E-state index contributed by atoms with van der Waals surface area (Å²) in [7, 11) is 3.19. The van der Waals surface area contributed by atoms with E-state index in [-0.39, 0.29) is 23.5 Å². The zero-order chi connectivity index (χ0) is 15.0. The Balaban J connectivity index is 1.82. The van der Waals surface area contributed by atoms with Gasteiger partial charge >= 0.3 is 5.97 Å². The second-order valence-electron chi connectivity index (χ2n) is 5.87. The van der Waals surface area contributed by atoms with E-state index in [4.69, 9.17) is 4.74 Å². The zero-order valence-electron chi connectivity index (χ0n) is 12.3. The van der Waals surface area contributed by atoms with Crippen molar-refractivity contribution in [2.75, 3.05) is 14.2 Å². The van der Waals surface area contributed by atoms with Crippen molar-refractivity contribution in [1.29, 1.82) is 0 Å². The van der Waals surface area contributed by atoms with Crippen LogP contribution in [0.5, 0.6) is 0 Å². The summed E-state index contributed by atoms with van der Waals surface area (Å²) in [5, 5.41) is 3.22. The van der Waals surface area contributed by atoms with Crippen LogP contribution in [0.3, 0.4) is 0 Å². The second kappa shape index (κ2) is 5.15. The largest absolute Gasteiger partial charge is 0.468 e. The molecule has 1 N–H and O–H groups in total. The number of benzene rings is 1. The maximum Gasteiger partial charge on any atom is 0.325 e. The predicted octanol–water partition coefficient (Wildman–Crippen LogP) is 0.733. The minimum absolute atomic E-state index is 0.0523. The summed E-state index contributed by atoms with van der Waals surface area (Å²) in [4.78, 5) is 26.4. The van der Waals surface area contributed by atoms with Crippen LogP contribution in [0, 0.1) is 0 Å². The molecule has 21 heavy (non-hydrogen) atoms. The van der Waals surface area contributed by atoms with Crippen LogP contribution in [0.2, 0.25) is 0 Å². The van der Waals surface area contributed by atoms with Crippen LogP contribution in [-0.4, -0.2) is 48.6 Å². The van der Waals surface area contributed by atoms with Crippen LogP contribution in [0.15, 0.2) is 30.3 Å². The van der Waals surface area contributed by atoms with E-state index in [9.17, 15) is 9.59 Å². The molecule has 2 aliphatic rings. The number of carbonyl (C=O) groups is 2. The van der Waals surface area contributed by atoms with Gasteiger partial charge in [-0.2, -0.15) is 0 Å². The zero-order valence-corrected chi connectivity index (χ0v) is 12.3. The number of ether oxygens (including phenoxy) is 1. The molecule has 5 nitrogen and oxygen atoms in total. The van der Waals surface area contributed by atoms with Crippen LogP contribution in [0.4, 0.5) is 0 Å². The summed E-state index contributed by atoms with van der Waals surface area (Å²) in [6.07, 6.45) is 2.27. The fourth-order valence-corrected chi connectivity index (χ4v) is 3.23. The number of methoxy groups -OCH3 is 1. The number of likely N-dealkylation sites (N-methyl/N-ethyl adjacent to an activating group) is 1. The normalized spacial score (nSPS) is 26.8. The molecule has 1 aliphatic carbocycles. The van der Waals surface area contributed by atoms with Gasteiger partial charge in [-0.1, -0.05) is 30.3 Å². The standard InChI is InChI=1S/C16H20N2O3/c1-18-14(19)12(10-11-6-4-3-5-7-11)17-13(15(20)21-2)16(18)8-9-16/h3-7,12-13,17H,8-10H2,1-2H3/t12-,13+/m0/s1. The highest BCUT2D eigenvalue weighted by Crippen LogP contribution is 2.46. The third-order valence-corrected chi connectivity index (χ3v) is 4.68. The first kappa shape index (κ1) is 14.1. The monoisotopic (exact) mass is 288 g/mol. The van der Waals surface area contributed by atoms with Gasteiger partial charge in [-0.05, 0) is 24.8 Å². The van der Waals surface area contributed by atoms with E-state index in [1.54, 1.807) is 11.9 Å². The minimum Gasteiger partial charge on any atom is -0.468 e. The SMILES string of the molecule is COC(=O)[C@H]1N[C@@H](Cc2ccccc2)C(=O)N(C)C12CC2. The lowest BCUT2D eigenvalue weighted by Crippen LogP contribution is -2.68. The molecule has 0 bridgehead atoms. The first-order valence-electron chi connectivity index (χ1n) is 7.24. The Bertz CT molecular complexity index is 554. The number of nitrogens with zero attached hydrogens (tertiary/aromatic N) is 1. The maximum absolute atomic E-state index is 12.6. The third-order valence-electron chi connectivity index (χ3n) is 4.68. The average molecular weight is 288 g/mol. The molecular weight excluding hydrogens is 268 g/mol. The lowest BCUT2D eigenvalue weighted by molar-refractivity contribution is -0.153. The van der Waals surface area contributed by atoms with Crippen molar-refractivity contribution in [2.45, 2.75) is 36.9 Å². The molecule has 3 rings (SSSR count). The number of carbonyl (C=O) groups excluding carboxylic acids is 2. The van der Waals surface area contributed by atoms with Crippen molar-refractivity contribution >= 4 is 11.9 Å². The molecule has 1 heterocycles. The number of nitrogens with one attached hydrogen (secondary N) is 1. The number of hydrogen-bond donors (Lipinski definition) is 1. The quantitative estimate of drug-likeness (QED) is 0.833. The van der Waals surface area contributed by atoms with Gasteiger partial charge in [-0.3, -0.25) is 14.9 Å². The molecule has 2 fully saturated rings. The van der Waals surface area contributed by atoms with E-state index in [1.807, 2.05) is 30.3 Å². The minimum atomic E-state index is -0.432. The van der Waals surface area contributed by atoms with Gasteiger partial charge in [-0.25, -0.2) is 0 Å². The van der Waals surface area contributed by atoms with Crippen molar-refractivity contribution in [2.24, 2.45) is 0 Å². The number of hydrogen-bond acceptors (Lipinski definition) is 4. The average Bonchev–Trinajstić information content (AvgIpc) is 3.30. The van der Waals surface area contributed by atoms with Crippen molar-refractivity contribution in [3.8, 4) is 0 Å². The molecule has 0 aromatic heterocycles. The highest BCUT2D eigenvalue weighted by molar-refractivity contribution is 5.89. The van der Waals surface area contributed by atoms with Gasteiger partial charge in [0, 0.05) is 7.05 Å². The number of amides is 1. The molecule has 1 aliphatic heterocycles. The third kappa shape index (κ3) is 2.31. The molecule has 1 amide bonds. The Hall–Kier alpha value is -1.88. The fourth-order valence-electron chi connectivity index (χ4n) is 3.23. The fraction of sp³-hybridized carbons (Fsp3) is 0.500. The lowest BCUT2D eigenvalue weighted by Gasteiger charge is -2.42. The topological polar surface area (TPSA) is 58.6 Å². The lowest BCUT2D eigenvalue weighted by atomic mass is 9.94. The van der Waals surface area contributed by atoms with Gasteiger partial charge in [0.15, 0.2) is 0 Å². The van der Waals surface area contributed by atoms with Crippen LogP contribution in [0.25, 0.3) is 0 Å². The summed E-state index contributed by atoms with van der Waals surface area (Å²) in [6.45, 7) is 0. The summed E-state index contributed by atoms with van der Waals surface area (Å²) in [5.74, 6) is -0.235. The van der Waals surface area contributed by atoms with Crippen LogP contribution >= 0.6 is 0 Å². The number of piperazine rings is 1. The highest BCUT2D eigenvalue weighted by atomic mass is 16.5. The van der Waals surface area contributed by atoms with Crippen molar-refractivity contribution in [3.05, 3.63) is 35.9 Å². The second-order valence-corrected chi connectivity index (χ2v) is 5.87. The Kier molecular flexibility index (Phi) is 3.45. The smallest absolute Gasteiger partial charge is 0.325 e. The van der Waals surface area contributed by atoms with Gasteiger partial charge in [0.05, 0.1) is 18.7 Å². The predicted molar refractivity (Wildman–Crippen MR) is 77.6 cm³/mol. The Morgan fingerprint density at radius 2 is 2.05 bits per heavy atom. The summed E-state index contributed by atoms with van der Waals surface area (Å²) >= 11 is 0. The number of esters is 1. The summed E-state index contributed by atoms with van der Waals surface area (Å²) in [5.41, 5.74) is 0.698. The highest BCUT2D eigenvalue weighted by Gasteiger charge is 2.61. The van der Waals surface area contributed by atoms with Gasteiger partial charge in [0.25, 0.3) is 0 Å². The molecule has 112 valence electrons. The Morgan fingerprint density at radius 3 is 2.62 bits per heavy atom. The van der Waals surface area contributed by atoms with E-state index in [1.165, 1.54) is 7.11 Å². The van der Waals surface area contributed by atoms with E-state index < -0.39 is 6.04 Å². The summed E-state index contributed by atoms with van der Waals surface area (Å²) in [6, 6.07) is 9.01. The van der Waals surface area contributed by atoms with Crippen molar-refractivity contribution in [1.82, 2.24) is 10.2 Å². The molecule has 2 atom stereocenters. The van der Waals surface area contributed by atoms with E-state index in [2.05, 4.69) is 5.32 Å². The molecular formula is C16H20N2O3. The van der Waals surface area contributed by atoms with Gasteiger partial charge in [0.2, 0.25) is 5.91 Å². The van der Waals surface area contributed by atoms with Crippen molar-refractivity contribution in [3.63, 3.8) is 0 Å². The van der Waals surface area contributed by atoms with Gasteiger partial charge in [-0.15, -0.1) is 0 Å². The van der Waals surface area contributed by atoms with Crippen molar-refractivity contribution < 1.29 is 14.3 Å². The molecule has 1 saturated carbocycles. The molecule has 5 heteroatoms. The number of rotatable bonds is 3. The molecule has 0 radical (unpaired) electrons. The van der Waals surface area contributed by atoms with Crippen LogP contribution < -0.4 is 5.32 Å². The Morgan fingerprint density at radius 1 is 1.38 bits per heavy atom. The summed E-state index contributed by atoms with van der Waals surface area (Å²) < 4.78 is 4.91. The maximum atomic E-state index is 12.6. The van der Waals surface area contributed by atoms with Gasteiger partial charge < -0.3 is 9.64 Å². The molecule has 1 aromatic carbocycles. The van der Waals surface area contributed by atoms with E-state index in [0.717, 1.165) is 18.4 Å². The molecule has 1 aromatic rings.